The van der Waals surface area contributed by atoms with Crippen LogP contribution in [0.15, 0.2) is 23.3 Å². The third kappa shape index (κ3) is 2.58. The Morgan fingerprint density at radius 1 is 1.47 bits per heavy atom. The van der Waals surface area contributed by atoms with Gasteiger partial charge in [-0.3, -0.25) is 4.79 Å². The Morgan fingerprint density at radius 2 is 2.16 bits per heavy atom. The van der Waals surface area contributed by atoms with Gasteiger partial charge in [0, 0.05) is 29.0 Å². The number of aryl methyl sites for hydroxylation is 2. The minimum absolute atomic E-state index is 0.0996. The molecule has 0 spiro atoms. The van der Waals surface area contributed by atoms with Gasteiger partial charge in [-0.2, -0.15) is 0 Å². The molecule has 19 heavy (non-hydrogen) atoms. The molecule has 0 amide bonds. The molecule has 0 saturated heterocycles. The molecule has 1 unspecified atom stereocenters. The van der Waals surface area contributed by atoms with Crippen LogP contribution in [0.25, 0.3) is 0 Å². The maximum Gasteiger partial charge on any atom is 0.341 e. The summed E-state index contributed by atoms with van der Waals surface area (Å²) in [5.41, 5.74) is 0.0323. The zero-order valence-electron chi connectivity index (χ0n) is 10.9. The summed E-state index contributed by atoms with van der Waals surface area (Å²) in [6.45, 7) is 5.68. The van der Waals surface area contributed by atoms with Crippen LogP contribution in [0.1, 0.15) is 38.9 Å². The van der Waals surface area contributed by atoms with Crippen molar-refractivity contribution in [3.63, 3.8) is 0 Å². The van der Waals surface area contributed by atoms with Gasteiger partial charge in [0.25, 0.3) is 0 Å². The largest absolute Gasteiger partial charge is 0.477 e. The van der Waals surface area contributed by atoms with E-state index in [9.17, 15) is 9.59 Å². The summed E-state index contributed by atoms with van der Waals surface area (Å²) in [7, 11) is 0. The van der Waals surface area contributed by atoms with Crippen LogP contribution in [0.3, 0.4) is 0 Å². The summed E-state index contributed by atoms with van der Waals surface area (Å²) in [4.78, 5) is 28.0. The number of hydrogen-bond donors (Lipinski definition) is 1. The first kappa shape index (κ1) is 13.5. The van der Waals surface area contributed by atoms with E-state index in [0.717, 1.165) is 15.6 Å². The third-order valence-electron chi connectivity index (χ3n) is 2.93. The fraction of sp³-hybridized carbons (Fsp3) is 0.308. The van der Waals surface area contributed by atoms with Gasteiger partial charge >= 0.3 is 5.97 Å². The number of rotatable bonds is 3. The molecule has 0 aromatic carbocycles. The summed E-state index contributed by atoms with van der Waals surface area (Å²) in [6.07, 6.45) is 3.17. The fourth-order valence-electron chi connectivity index (χ4n) is 1.91. The molecule has 1 atom stereocenters. The van der Waals surface area contributed by atoms with Crippen LogP contribution in [0.5, 0.6) is 0 Å². The van der Waals surface area contributed by atoms with Gasteiger partial charge in [0.05, 0.1) is 6.04 Å². The lowest BCUT2D eigenvalue weighted by Gasteiger charge is -2.17. The summed E-state index contributed by atoms with van der Waals surface area (Å²) in [5.74, 6) is -1.21. The average molecular weight is 278 g/mol. The second-order valence-electron chi connectivity index (χ2n) is 4.39. The molecule has 0 aliphatic rings. The number of nitrogens with zero attached hydrogens (tertiary/aromatic N) is 2. The summed E-state index contributed by atoms with van der Waals surface area (Å²) in [6, 6.07) is 1.25. The van der Waals surface area contributed by atoms with E-state index >= 15 is 0 Å². The molecule has 1 N–H and O–H groups in total. The average Bonchev–Trinajstić information content (AvgIpc) is 2.74. The van der Waals surface area contributed by atoms with Crippen LogP contribution in [0.4, 0.5) is 0 Å². The Bertz CT molecular complexity index is 687. The highest BCUT2D eigenvalue weighted by atomic mass is 32.1. The maximum absolute atomic E-state index is 11.6. The number of pyridine rings is 1. The molecule has 0 saturated carbocycles. The molecule has 2 aromatic rings. The Labute approximate surface area is 114 Å². The number of aromatic nitrogens is 2. The van der Waals surface area contributed by atoms with E-state index in [1.54, 1.807) is 29.0 Å². The van der Waals surface area contributed by atoms with Crippen LogP contribution in [-0.4, -0.2) is 20.6 Å². The first-order valence-electron chi connectivity index (χ1n) is 5.78. The minimum Gasteiger partial charge on any atom is -0.477 e. The minimum atomic E-state index is -1.21. The monoisotopic (exact) mass is 278 g/mol. The zero-order valence-corrected chi connectivity index (χ0v) is 11.7. The first-order valence-corrected chi connectivity index (χ1v) is 6.60. The predicted octanol–water partition coefficient (Wildman–Crippen LogP) is 2.23. The van der Waals surface area contributed by atoms with E-state index in [1.165, 1.54) is 12.3 Å². The van der Waals surface area contributed by atoms with Crippen molar-refractivity contribution in [2.75, 3.05) is 0 Å². The Morgan fingerprint density at radius 3 is 2.68 bits per heavy atom. The molecular formula is C13H14N2O3S. The molecule has 2 heterocycles. The van der Waals surface area contributed by atoms with Crippen LogP contribution in [-0.2, 0) is 0 Å². The Hall–Kier alpha value is -1.95. The highest BCUT2D eigenvalue weighted by Crippen LogP contribution is 2.23. The molecular weight excluding hydrogens is 264 g/mol. The number of carboxylic acid groups (broad SMARTS) is 1. The van der Waals surface area contributed by atoms with Crippen molar-refractivity contribution in [3.05, 3.63) is 49.8 Å². The molecule has 100 valence electrons. The SMILES string of the molecule is Cc1cnc(C(C)n2cc(C(=O)O)c(=O)cc2C)s1. The van der Waals surface area contributed by atoms with E-state index in [2.05, 4.69) is 4.98 Å². The molecule has 2 aromatic heterocycles. The lowest BCUT2D eigenvalue weighted by molar-refractivity contribution is 0.0694. The lowest BCUT2D eigenvalue weighted by Crippen LogP contribution is -2.21. The second kappa shape index (κ2) is 4.97. The summed E-state index contributed by atoms with van der Waals surface area (Å²) in [5, 5.41) is 9.90. The van der Waals surface area contributed by atoms with Crippen LogP contribution >= 0.6 is 11.3 Å². The van der Waals surface area contributed by atoms with E-state index in [-0.39, 0.29) is 11.6 Å². The predicted molar refractivity (Wildman–Crippen MR) is 73.1 cm³/mol. The number of aromatic carboxylic acids is 1. The van der Waals surface area contributed by atoms with Gasteiger partial charge in [0.2, 0.25) is 0 Å². The van der Waals surface area contributed by atoms with E-state index < -0.39 is 11.4 Å². The van der Waals surface area contributed by atoms with Crippen LogP contribution in [0.2, 0.25) is 0 Å². The molecule has 0 aliphatic carbocycles. The highest BCUT2D eigenvalue weighted by Gasteiger charge is 2.16. The molecule has 5 nitrogen and oxygen atoms in total. The number of hydrogen-bond acceptors (Lipinski definition) is 4. The van der Waals surface area contributed by atoms with Gasteiger partial charge in [0.1, 0.15) is 10.6 Å². The normalized spacial score (nSPS) is 12.4. The van der Waals surface area contributed by atoms with Crippen molar-refractivity contribution in [3.8, 4) is 0 Å². The Kier molecular flexibility index (Phi) is 3.53. The fourth-order valence-corrected chi connectivity index (χ4v) is 2.73. The highest BCUT2D eigenvalue weighted by molar-refractivity contribution is 7.11. The smallest absolute Gasteiger partial charge is 0.341 e. The molecule has 2 rings (SSSR count). The van der Waals surface area contributed by atoms with Gasteiger partial charge in [-0.1, -0.05) is 0 Å². The van der Waals surface area contributed by atoms with Gasteiger partial charge in [-0.15, -0.1) is 11.3 Å². The lowest BCUT2D eigenvalue weighted by atomic mass is 10.2. The molecule has 0 aliphatic heterocycles. The molecule has 0 fully saturated rings. The van der Waals surface area contributed by atoms with Crippen molar-refractivity contribution in [2.24, 2.45) is 0 Å². The molecule has 0 radical (unpaired) electrons. The number of thiazole rings is 1. The first-order chi connectivity index (χ1) is 8.90. The topological polar surface area (TPSA) is 72.2 Å². The Balaban J connectivity index is 2.53. The zero-order chi connectivity index (χ0) is 14.2. The molecule has 6 heteroatoms. The van der Waals surface area contributed by atoms with Crippen molar-refractivity contribution >= 4 is 17.3 Å². The maximum atomic E-state index is 11.6. The number of carbonyl (C=O) groups is 1. The molecule has 0 bridgehead atoms. The quantitative estimate of drug-likeness (QED) is 0.934. The third-order valence-corrected chi connectivity index (χ3v) is 4.01. The van der Waals surface area contributed by atoms with Gasteiger partial charge in [-0.05, 0) is 20.8 Å². The van der Waals surface area contributed by atoms with E-state index in [0.29, 0.717) is 0 Å². The van der Waals surface area contributed by atoms with Crippen molar-refractivity contribution in [2.45, 2.75) is 26.8 Å². The summed E-state index contributed by atoms with van der Waals surface area (Å²) >= 11 is 1.56. The second-order valence-corrected chi connectivity index (χ2v) is 5.66. The van der Waals surface area contributed by atoms with Crippen LogP contribution < -0.4 is 5.43 Å². The van der Waals surface area contributed by atoms with Gasteiger partial charge < -0.3 is 9.67 Å². The summed E-state index contributed by atoms with van der Waals surface area (Å²) < 4.78 is 1.77. The van der Waals surface area contributed by atoms with Crippen LogP contribution in [0, 0.1) is 13.8 Å². The van der Waals surface area contributed by atoms with Crippen molar-refractivity contribution in [1.82, 2.24) is 9.55 Å². The van der Waals surface area contributed by atoms with Crippen molar-refractivity contribution < 1.29 is 9.90 Å². The van der Waals surface area contributed by atoms with Gasteiger partial charge in [-0.25, -0.2) is 9.78 Å². The standard InChI is InChI=1S/C13H14N2O3S/c1-7-4-11(16)10(13(17)18)6-15(7)9(3)12-14-5-8(2)19-12/h4-6,9H,1-3H3,(H,17,18). The van der Waals surface area contributed by atoms with E-state index in [4.69, 9.17) is 5.11 Å². The van der Waals surface area contributed by atoms with E-state index in [1.807, 2.05) is 13.8 Å². The number of carboxylic acids is 1. The van der Waals surface area contributed by atoms with Crippen molar-refractivity contribution in [1.29, 1.82) is 0 Å². The van der Waals surface area contributed by atoms with Gasteiger partial charge in [0.15, 0.2) is 5.43 Å².